The molecule has 3 rings (SSSR count). The summed E-state index contributed by atoms with van der Waals surface area (Å²) >= 11 is 0. The van der Waals surface area contributed by atoms with E-state index in [1.807, 2.05) is 0 Å². The summed E-state index contributed by atoms with van der Waals surface area (Å²) in [6.45, 7) is 0. The number of para-hydroxylation sites is 1. The minimum atomic E-state index is -0.557. The Balaban J connectivity index is 1.80. The van der Waals surface area contributed by atoms with Gasteiger partial charge < -0.3 is 9.73 Å². The fraction of sp³-hybridized carbons (Fsp3) is 0. The Morgan fingerprint density at radius 1 is 0.909 bits per heavy atom. The van der Waals surface area contributed by atoms with Crippen LogP contribution in [0.2, 0.25) is 0 Å². The first kappa shape index (κ1) is 14.0. The molecule has 1 amide bonds. The molecule has 0 aliphatic rings. The highest BCUT2D eigenvalue weighted by molar-refractivity contribution is 6.02. The number of halogens is 2. The molecule has 1 heterocycles. The van der Waals surface area contributed by atoms with Crippen LogP contribution in [0.4, 0.5) is 14.5 Å². The number of carbonyl (C=O) groups is 1. The molecule has 0 fully saturated rings. The molecule has 0 saturated carbocycles. The third-order valence-electron chi connectivity index (χ3n) is 3.08. The highest BCUT2D eigenvalue weighted by Gasteiger charge is 2.14. The molecular formula is C17H11F2NO2. The van der Waals surface area contributed by atoms with Crippen molar-refractivity contribution in [3.8, 4) is 11.3 Å². The normalized spacial score (nSPS) is 10.5. The van der Waals surface area contributed by atoms with Gasteiger partial charge in [-0.05, 0) is 48.5 Å². The Labute approximate surface area is 125 Å². The summed E-state index contributed by atoms with van der Waals surface area (Å²) in [5.41, 5.74) is 0.721. The van der Waals surface area contributed by atoms with Gasteiger partial charge >= 0.3 is 0 Å². The zero-order valence-corrected chi connectivity index (χ0v) is 11.3. The number of hydrogen-bond acceptors (Lipinski definition) is 2. The van der Waals surface area contributed by atoms with Gasteiger partial charge in [-0.1, -0.05) is 12.1 Å². The maximum absolute atomic E-state index is 13.5. The second-order valence-corrected chi connectivity index (χ2v) is 4.60. The van der Waals surface area contributed by atoms with E-state index in [1.54, 1.807) is 24.3 Å². The average molecular weight is 299 g/mol. The van der Waals surface area contributed by atoms with E-state index in [-0.39, 0.29) is 17.3 Å². The topological polar surface area (TPSA) is 42.2 Å². The summed E-state index contributed by atoms with van der Waals surface area (Å²) in [5.74, 6) is -0.964. The van der Waals surface area contributed by atoms with Crippen LogP contribution in [-0.4, -0.2) is 5.91 Å². The lowest BCUT2D eigenvalue weighted by Crippen LogP contribution is -2.11. The van der Waals surface area contributed by atoms with E-state index in [4.69, 9.17) is 4.42 Å². The van der Waals surface area contributed by atoms with E-state index in [1.165, 1.54) is 36.4 Å². The van der Waals surface area contributed by atoms with Crippen LogP contribution in [0.15, 0.2) is 65.1 Å². The highest BCUT2D eigenvalue weighted by atomic mass is 19.1. The number of amides is 1. The summed E-state index contributed by atoms with van der Waals surface area (Å²) in [6.07, 6.45) is 0. The minimum absolute atomic E-state index is 0.0441. The smallest absolute Gasteiger partial charge is 0.291 e. The van der Waals surface area contributed by atoms with Gasteiger partial charge in [-0.15, -0.1) is 0 Å². The molecule has 0 aliphatic heterocycles. The number of anilines is 1. The van der Waals surface area contributed by atoms with Crippen molar-refractivity contribution >= 4 is 11.6 Å². The lowest BCUT2D eigenvalue weighted by molar-refractivity contribution is 0.0997. The quantitative estimate of drug-likeness (QED) is 0.775. The molecule has 2 aromatic carbocycles. The third kappa shape index (κ3) is 2.88. The van der Waals surface area contributed by atoms with Gasteiger partial charge in [0.25, 0.3) is 5.91 Å². The van der Waals surface area contributed by atoms with Gasteiger partial charge in [0.1, 0.15) is 17.4 Å². The lowest BCUT2D eigenvalue weighted by Gasteiger charge is -2.04. The second kappa shape index (κ2) is 5.81. The first-order valence-corrected chi connectivity index (χ1v) is 6.55. The zero-order valence-electron chi connectivity index (χ0n) is 11.3. The van der Waals surface area contributed by atoms with E-state index >= 15 is 0 Å². The van der Waals surface area contributed by atoms with Gasteiger partial charge in [0.2, 0.25) is 0 Å². The average Bonchev–Trinajstić information content (AvgIpc) is 3.00. The number of furan rings is 1. The fourth-order valence-corrected chi connectivity index (χ4v) is 1.98. The van der Waals surface area contributed by atoms with Gasteiger partial charge in [-0.25, -0.2) is 8.78 Å². The van der Waals surface area contributed by atoms with Crippen molar-refractivity contribution in [1.29, 1.82) is 0 Å². The number of hydrogen-bond donors (Lipinski definition) is 1. The van der Waals surface area contributed by atoms with E-state index in [0.29, 0.717) is 11.3 Å². The Bertz CT molecular complexity index is 810. The summed E-state index contributed by atoms with van der Waals surface area (Å²) in [6, 6.07) is 14.6. The Morgan fingerprint density at radius 2 is 1.64 bits per heavy atom. The largest absolute Gasteiger partial charge is 0.451 e. The predicted octanol–water partition coefficient (Wildman–Crippen LogP) is 4.48. The molecule has 0 atom stereocenters. The van der Waals surface area contributed by atoms with E-state index in [2.05, 4.69) is 5.32 Å². The second-order valence-electron chi connectivity index (χ2n) is 4.60. The lowest BCUT2D eigenvalue weighted by atomic mass is 10.2. The number of benzene rings is 2. The zero-order chi connectivity index (χ0) is 15.5. The summed E-state index contributed by atoms with van der Waals surface area (Å²) < 4.78 is 31.8. The van der Waals surface area contributed by atoms with Crippen LogP contribution >= 0.6 is 0 Å². The fourth-order valence-electron chi connectivity index (χ4n) is 1.98. The van der Waals surface area contributed by atoms with Crippen LogP contribution < -0.4 is 5.32 Å². The number of nitrogens with one attached hydrogen (secondary N) is 1. The Kier molecular flexibility index (Phi) is 3.70. The van der Waals surface area contributed by atoms with Crippen molar-refractivity contribution in [3.05, 3.63) is 78.1 Å². The van der Waals surface area contributed by atoms with Crippen molar-refractivity contribution in [2.45, 2.75) is 0 Å². The van der Waals surface area contributed by atoms with Crippen LogP contribution in [0.1, 0.15) is 10.6 Å². The molecule has 1 aromatic heterocycles. The van der Waals surface area contributed by atoms with Crippen molar-refractivity contribution < 1.29 is 18.0 Å². The molecule has 3 aromatic rings. The molecule has 0 saturated heterocycles. The first-order valence-electron chi connectivity index (χ1n) is 6.55. The van der Waals surface area contributed by atoms with Gasteiger partial charge in [0, 0.05) is 5.56 Å². The molecule has 0 unspecified atom stereocenters. The maximum Gasteiger partial charge on any atom is 0.291 e. The molecule has 110 valence electrons. The molecule has 0 spiro atoms. The van der Waals surface area contributed by atoms with Crippen LogP contribution in [0.25, 0.3) is 11.3 Å². The third-order valence-corrected chi connectivity index (χ3v) is 3.08. The van der Waals surface area contributed by atoms with E-state index in [9.17, 15) is 13.6 Å². The van der Waals surface area contributed by atoms with Crippen LogP contribution in [0.3, 0.4) is 0 Å². The van der Waals surface area contributed by atoms with E-state index in [0.717, 1.165) is 0 Å². The van der Waals surface area contributed by atoms with Gasteiger partial charge in [-0.2, -0.15) is 0 Å². The van der Waals surface area contributed by atoms with Crippen LogP contribution in [0, 0.1) is 11.6 Å². The SMILES string of the molecule is O=C(Nc1ccccc1F)c1ccc(-c2ccc(F)cc2)o1. The maximum atomic E-state index is 13.5. The molecule has 5 heteroatoms. The standard InChI is InChI=1S/C17H11F2NO2/c18-12-7-5-11(6-8-12)15-9-10-16(22-15)17(21)20-14-4-2-1-3-13(14)19/h1-10H,(H,20,21). The number of rotatable bonds is 3. The van der Waals surface area contributed by atoms with Crippen molar-refractivity contribution in [2.24, 2.45) is 0 Å². The summed E-state index contributed by atoms with van der Waals surface area (Å²) in [5, 5.41) is 2.43. The van der Waals surface area contributed by atoms with Crippen molar-refractivity contribution in [3.63, 3.8) is 0 Å². The molecular weight excluding hydrogens is 288 g/mol. The van der Waals surface area contributed by atoms with Crippen molar-refractivity contribution in [2.75, 3.05) is 5.32 Å². The molecule has 0 radical (unpaired) electrons. The number of carbonyl (C=O) groups excluding carboxylic acids is 1. The molecule has 3 nitrogen and oxygen atoms in total. The Hall–Kier alpha value is -2.95. The van der Waals surface area contributed by atoms with Crippen LogP contribution in [0.5, 0.6) is 0 Å². The van der Waals surface area contributed by atoms with Crippen molar-refractivity contribution in [1.82, 2.24) is 0 Å². The van der Waals surface area contributed by atoms with Crippen LogP contribution in [-0.2, 0) is 0 Å². The highest BCUT2D eigenvalue weighted by Crippen LogP contribution is 2.23. The minimum Gasteiger partial charge on any atom is -0.451 e. The molecule has 0 aliphatic carbocycles. The van der Waals surface area contributed by atoms with Gasteiger partial charge in [0.15, 0.2) is 5.76 Å². The van der Waals surface area contributed by atoms with Gasteiger partial charge in [-0.3, -0.25) is 4.79 Å². The molecule has 22 heavy (non-hydrogen) atoms. The summed E-state index contributed by atoms with van der Waals surface area (Å²) in [4.78, 5) is 12.0. The Morgan fingerprint density at radius 3 is 2.36 bits per heavy atom. The van der Waals surface area contributed by atoms with E-state index < -0.39 is 11.7 Å². The summed E-state index contributed by atoms with van der Waals surface area (Å²) in [7, 11) is 0. The monoisotopic (exact) mass is 299 g/mol. The first-order chi connectivity index (χ1) is 10.6. The molecule has 1 N–H and O–H groups in total. The predicted molar refractivity (Wildman–Crippen MR) is 78.5 cm³/mol. The molecule has 0 bridgehead atoms. The van der Waals surface area contributed by atoms with Gasteiger partial charge in [0.05, 0.1) is 5.69 Å².